The molecule has 2 rings (SSSR count). The highest BCUT2D eigenvalue weighted by Gasteiger charge is 2.27. The Kier molecular flexibility index (Phi) is 3.28. The van der Waals surface area contributed by atoms with Gasteiger partial charge in [0.05, 0.1) is 22.6 Å². The number of halogens is 1. The maximum Gasteiger partial charge on any atom is 0.247 e. The summed E-state index contributed by atoms with van der Waals surface area (Å²) >= 11 is 5.90. The molecule has 5 nitrogen and oxygen atoms in total. The lowest BCUT2D eigenvalue weighted by atomic mass is 10.2. The van der Waals surface area contributed by atoms with Crippen LogP contribution in [0.15, 0.2) is 12.3 Å². The van der Waals surface area contributed by atoms with E-state index < -0.39 is 6.04 Å². The SMILES string of the molecule is Cc1ncc(NC(=O)C2CCC(=O)N2)cc1Cl. The first-order valence-electron chi connectivity index (χ1n) is 5.28. The second kappa shape index (κ2) is 4.71. The third-order valence-corrected chi connectivity index (χ3v) is 2.99. The van der Waals surface area contributed by atoms with Crippen molar-refractivity contribution in [1.29, 1.82) is 0 Å². The summed E-state index contributed by atoms with van der Waals surface area (Å²) in [5, 5.41) is 5.77. The van der Waals surface area contributed by atoms with Crippen LogP contribution in [0.1, 0.15) is 18.5 Å². The van der Waals surface area contributed by atoms with E-state index in [1.165, 1.54) is 6.20 Å². The lowest BCUT2D eigenvalue weighted by Gasteiger charge is -2.11. The van der Waals surface area contributed by atoms with Crippen molar-refractivity contribution >= 4 is 29.1 Å². The van der Waals surface area contributed by atoms with Gasteiger partial charge < -0.3 is 10.6 Å². The molecule has 1 aromatic rings. The van der Waals surface area contributed by atoms with Crippen molar-refractivity contribution in [3.63, 3.8) is 0 Å². The molecule has 2 heterocycles. The van der Waals surface area contributed by atoms with Gasteiger partial charge in [-0.2, -0.15) is 0 Å². The number of pyridine rings is 1. The minimum Gasteiger partial charge on any atom is -0.344 e. The fourth-order valence-electron chi connectivity index (χ4n) is 1.61. The Morgan fingerprint density at radius 2 is 2.41 bits per heavy atom. The Morgan fingerprint density at radius 1 is 1.65 bits per heavy atom. The minimum absolute atomic E-state index is 0.0924. The summed E-state index contributed by atoms with van der Waals surface area (Å²) in [6.07, 6.45) is 2.46. The number of nitrogens with zero attached hydrogens (tertiary/aromatic N) is 1. The molecule has 90 valence electrons. The van der Waals surface area contributed by atoms with Crippen molar-refractivity contribution in [2.24, 2.45) is 0 Å². The Morgan fingerprint density at radius 3 is 3.00 bits per heavy atom. The van der Waals surface area contributed by atoms with E-state index in [1.54, 1.807) is 13.0 Å². The minimum atomic E-state index is -0.456. The van der Waals surface area contributed by atoms with Crippen molar-refractivity contribution in [3.8, 4) is 0 Å². The van der Waals surface area contributed by atoms with E-state index in [1.807, 2.05) is 0 Å². The van der Waals surface area contributed by atoms with Crippen LogP contribution >= 0.6 is 11.6 Å². The van der Waals surface area contributed by atoms with Gasteiger partial charge in [-0.15, -0.1) is 0 Å². The topological polar surface area (TPSA) is 71.1 Å². The second-order valence-corrected chi connectivity index (χ2v) is 4.35. The van der Waals surface area contributed by atoms with Gasteiger partial charge in [0.25, 0.3) is 0 Å². The molecule has 6 heteroatoms. The second-order valence-electron chi connectivity index (χ2n) is 3.94. The first-order chi connectivity index (χ1) is 8.06. The summed E-state index contributed by atoms with van der Waals surface area (Å²) in [4.78, 5) is 26.8. The maximum atomic E-state index is 11.8. The number of hydrogen-bond donors (Lipinski definition) is 2. The first-order valence-corrected chi connectivity index (χ1v) is 5.66. The summed E-state index contributed by atoms with van der Waals surface area (Å²) < 4.78 is 0. The van der Waals surface area contributed by atoms with Crippen LogP contribution in [-0.4, -0.2) is 22.8 Å². The monoisotopic (exact) mass is 253 g/mol. The quantitative estimate of drug-likeness (QED) is 0.834. The number of nitrogens with one attached hydrogen (secondary N) is 2. The Hall–Kier alpha value is -1.62. The van der Waals surface area contributed by atoms with Crippen LogP contribution in [0, 0.1) is 6.92 Å². The van der Waals surface area contributed by atoms with E-state index in [0.717, 1.165) is 0 Å². The van der Waals surface area contributed by atoms with Crippen LogP contribution < -0.4 is 10.6 Å². The number of anilines is 1. The van der Waals surface area contributed by atoms with Gasteiger partial charge in [-0.25, -0.2) is 0 Å². The molecule has 2 N–H and O–H groups in total. The molecule has 0 bridgehead atoms. The van der Waals surface area contributed by atoms with Crippen molar-refractivity contribution in [3.05, 3.63) is 23.0 Å². The summed E-state index contributed by atoms with van der Waals surface area (Å²) in [5.74, 6) is -0.331. The van der Waals surface area contributed by atoms with Crippen molar-refractivity contribution in [2.45, 2.75) is 25.8 Å². The molecule has 1 atom stereocenters. The van der Waals surface area contributed by atoms with Gasteiger partial charge in [-0.05, 0) is 19.4 Å². The van der Waals surface area contributed by atoms with E-state index in [4.69, 9.17) is 11.6 Å². The number of carbonyl (C=O) groups is 2. The third kappa shape index (κ3) is 2.74. The molecular weight excluding hydrogens is 242 g/mol. The molecule has 1 aliphatic heterocycles. The van der Waals surface area contributed by atoms with Crippen LogP contribution in [0.3, 0.4) is 0 Å². The first kappa shape index (κ1) is 11.9. The Labute approximate surface area is 104 Å². The van der Waals surface area contributed by atoms with Gasteiger partial charge in [0, 0.05) is 6.42 Å². The zero-order chi connectivity index (χ0) is 12.4. The number of amides is 2. The molecular formula is C11H12ClN3O2. The van der Waals surface area contributed by atoms with Crippen molar-refractivity contribution in [1.82, 2.24) is 10.3 Å². The molecule has 1 aliphatic rings. The van der Waals surface area contributed by atoms with Crippen molar-refractivity contribution < 1.29 is 9.59 Å². The fraction of sp³-hybridized carbons (Fsp3) is 0.364. The molecule has 0 aromatic carbocycles. The standard InChI is InChI=1S/C11H12ClN3O2/c1-6-8(12)4-7(5-13-6)14-11(17)9-2-3-10(16)15-9/h4-5,9H,2-3H2,1H3,(H,14,17)(H,15,16). The van der Waals surface area contributed by atoms with E-state index in [2.05, 4.69) is 15.6 Å². The lowest BCUT2D eigenvalue weighted by molar-refractivity contribution is -0.122. The summed E-state index contributed by atoms with van der Waals surface area (Å²) in [6, 6.07) is 1.18. The molecule has 1 unspecified atom stereocenters. The average Bonchev–Trinajstić information content (AvgIpc) is 2.70. The molecule has 1 fully saturated rings. The van der Waals surface area contributed by atoms with Crippen LogP contribution in [0.25, 0.3) is 0 Å². The zero-order valence-electron chi connectivity index (χ0n) is 9.29. The van der Waals surface area contributed by atoms with Crippen LogP contribution in [-0.2, 0) is 9.59 Å². The highest BCUT2D eigenvalue weighted by Crippen LogP contribution is 2.18. The van der Waals surface area contributed by atoms with Gasteiger partial charge in [-0.1, -0.05) is 11.6 Å². The number of hydrogen-bond acceptors (Lipinski definition) is 3. The largest absolute Gasteiger partial charge is 0.344 e. The highest BCUT2D eigenvalue weighted by molar-refractivity contribution is 6.31. The van der Waals surface area contributed by atoms with E-state index in [0.29, 0.717) is 29.2 Å². The van der Waals surface area contributed by atoms with E-state index >= 15 is 0 Å². The lowest BCUT2D eigenvalue weighted by Crippen LogP contribution is -2.37. The fourth-order valence-corrected chi connectivity index (χ4v) is 1.78. The predicted molar refractivity (Wildman–Crippen MR) is 63.8 cm³/mol. The molecule has 0 spiro atoms. The van der Waals surface area contributed by atoms with E-state index in [9.17, 15) is 9.59 Å². The van der Waals surface area contributed by atoms with Crippen molar-refractivity contribution in [2.75, 3.05) is 5.32 Å². The van der Waals surface area contributed by atoms with Crippen LogP contribution in [0.2, 0.25) is 5.02 Å². The number of carbonyl (C=O) groups excluding carboxylic acids is 2. The van der Waals surface area contributed by atoms with Gasteiger partial charge in [0.15, 0.2) is 0 Å². The van der Waals surface area contributed by atoms with Gasteiger partial charge >= 0.3 is 0 Å². The molecule has 2 amide bonds. The Balaban J connectivity index is 2.03. The predicted octanol–water partition coefficient (Wildman–Crippen LogP) is 1.26. The number of rotatable bonds is 2. The molecule has 0 aliphatic carbocycles. The van der Waals surface area contributed by atoms with Gasteiger partial charge in [0.2, 0.25) is 11.8 Å². The van der Waals surface area contributed by atoms with Gasteiger partial charge in [-0.3, -0.25) is 14.6 Å². The molecule has 0 radical (unpaired) electrons. The summed E-state index contributed by atoms with van der Waals surface area (Å²) in [7, 11) is 0. The summed E-state index contributed by atoms with van der Waals surface area (Å²) in [5.41, 5.74) is 1.24. The molecule has 1 saturated heterocycles. The normalized spacial score (nSPS) is 18.9. The zero-order valence-corrected chi connectivity index (χ0v) is 10.0. The highest BCUT2D eigenvalue weighted by atomic mass is 35.5. The maximum absolute atomic E-state index is 11.8. The van der Waals surface area contributed by atoms with Crippen LogP contribution in [0.4, 0.5) is 5.69 Å². The molecule has 0 saturated carbocycles. The average molecular weight is 254 g/mol. The molecule has 17 heavy (non-hydrogen) atoms. The molecule has 1 aromatic heterocycles. The van der Waals surface area contributed by atoms with Gasteiger partial charge in [0.1, 0.15) is 6.04 Å². The number of aryl methyl sites for hydroxylation is 1. The number of aromatic nitrogens is 1. The Bertz CT molecular complexity index is 476. The third-order valence-electron chi connectivity index (χ3n) is 2.60. The van der Waals surface area contributed by atoms with Crippen LogP contribution in [0.5, 0.6) is 0 Å². The van der Waals surface area contributed by atoms with E-state index in [-0.39, 0.29) is 11.8 Å². The smallest absolute Gasteiger partial charge is 0.247 e. The summed E-state index contributed by atoms with van der Waals surface area (Å²) in [6.45, 7) is 1.78.